The van der Waals surface area contributed by atoms with E-state index in [1.807, 2.05) is 24.5 Å². The van der Waals surface area contributed by atoms with E-state index in [9.17, 15) is 18.0 Å². The summed E-state index contributed by atoms with van der Waals surface area (Å²) < 4.78 is 31.7. The van der Waals surface area contributed by atoms with Crippen LogP contribution in [0.25, 0.3) is 0 Å². The van der Waals surface area contributed by atoms with Gasteiger partial charge in [0.15, 0.2) is 0 Å². The number of piperidine rings is 1. The predicted molar refractivity (Wildman–Crippen MR) is 113 cm³/mol. The van der Waals surface area contributed by atoms with Crippen LogP contribution in [-0.2, 0) is 22.6 Å². The fourth-order valence-electron chi connectivity index (χ4n) is 4.14. The van der Waals surface area contributed by atoms with Crippen molar-refractivity contribution in [2.45, 2.75) is 57.3 Å². The van der Waals surface area contributed by atoms with Gasteiger partial charge in [-0.3, -0.25) is 9.78 Å². The summed E-state index contributed by atoms with van der Waals surface area (Å²) in [5.41, 5.74) is 2.29. The number of carbonyl (C=O) groups is 2. The Morgan fingerprint density at radius 2 is 1.67 bits per heavy atom. The predicted octanol–water partition coefficient (Wildman–Crippen LogP) is 3.23. The maximum Gasteiger partial charge on any atom is 0.490 e. The molecule has 0 atom stereocenters. The topological polar surface area (TPSA) is 99.5 Å². The zero-order valence-electron chi connectivity index (χ0n) is 18.3. The van der Waals surface area contributed by atoms with Crippen molar-refractivity contribution in [3.8, 4) is 0 Å². The van der Waals surface area contributed by atoms with Crippen molar-refractivity contribution in [3.63, 3.8) is 0 Å². The molecule has 1 spiro atoms. The van der Waals surface area contributed by atoms with E-state index in [0.717, 1.165) is 55.8 Å². The summed E-state index contributed by atoms with van der Waals surface area (Å²) in [7, 11) is 0. The summed E-state index contributed by atoms with van der Waals surface area (Å²) in [6, 6.07) is 4.00. The second kappa shape index (κ2) is 10.1. The Morgan fingerprint density at radius 1 is 1.09 bits per heavy atom. The number of anilines is 1. The number of carboxylic acids is 1. The van der Waals surface area contributed by atoms with Crippen LogP contribution in [0.15, 0.2) is 36.9 Å². The molecule has 11 heteroatoms. The highest BCUT2D eigenvalue weighted by atomic mass is 19.4. The van der Waals surface area contributed by atoms with Crippen LogP contribution >= 0.6 is 0 Å². The van der Waals surface area contributed by atoms with Gasteiger partial charge in [-0.15, -0.1) is 0 Å². The van der Waals surface area contributed by atoms with Crippen LogP contribution < -0.4 is 4.90 Å². The first-order valence-corrected chi connectivity index (χ1v) is 10.7. The smallest absolute Gasteiger partial charge is 0.475 e. The number of aliphatic carboxylic acids is 1. The lowest BCUT2D eigenvalue weighted by Gasteiger charge is -2.45. The van der Waals surface area contributed by atoms with Crippen molar-refractivity contribution in [3.05, 3.63) is 48.0 Å². The van der Waals surface area contributed by atoms with Crippen molar-refractivity contribution in [1.29, 1.82) is 0 Å². The number of rotatable bonds is 4. The Kier molecular flexibility index (Phi) is 7.50. The number of halogens is 3. The lowest BCUT2D eigenvalue weighted by Crippen LogP contribution is -2.53. The van der Waals surface area contributed by atoms with E-state index in [0.29, 0.717) is 13.0 Å². The van der Waals surface area contributed by atoms with E-state index in [2.05, 4.69) is 31.7 Å². The van der Waals surface area contributed by atoms with Crippen molar-refractivity contribution in [2.24, 2.45) is 0 Å². The average Bonchev–Trinajstić information content (AvgIpc) is 3.10. The standard InChI is InChI=1S/C20H25N5O.C2HF3O2/c1-2-16-13-22-19(23-14-16)24-11-7-20(8-12-24)6-3-18(26)25(20)15-17-4-9-21-10-5-17;3-2(4,5)1(6)7/h4-5,9-10,13-14H,2-3,6-8,11-12,15H2,1H3;(H,6,7). The first-order chi connectivity index (χ1) is 15.6. The molecule has 2 aromatic rings. The molecule has 4 heterocycles. The second-order valence-electron chi connectivity index (χ2n) is 8.09. The Balaban J connectivity index is 0.000000383. The summed E-state index contributed by atoms with van der Waals surface area (Å²) in [6.07, 6.45) is 6.86. The van der Waals surface area contributed by atoms with E-state index in [-0.39, 0.29) is 11.4 Å². The summed E-state index contributed by atoms with van der Waals surface area (Å²) >= 11 is 0. The SMILES string of the molecule is CCc1cnc(N2CCC3(CCC(=O)N3Cc3ccncc3)CC2)nc1.O=C(O)C(F)(F)F. The molecule has 1 amide bonds. The number of nitrogens with zero attached hydrogens (tertiary/aromatic N) is 5. The Bertz CT molecular complexity index is 946. The quantitative estimate of drug-likeness (QED) is 0.740. The van der Waals surface area contributed by atoms with Crippen LogP contribution in [0.1, 0.15) is 43.7 Å². The van der Waals surface area contributed by atoms with E-state index >= 15 is 0 Å². The molecule has 4 rings (SSSR count). The van der Waals surface area contributed by atoms with Crippen LogP contribution in [0, 0.1) is 0 Å². The molecular formula is C22H26F3N5O3. The largest absolute Gasteiger partial charge is 0.490 e. The van der Waals surface area contributed by atoms with Crippen molar-refractivity contribution in [1.82, 2.24) is 19.9 Å². The molecule has 2 aliphatic rings. The monoisotopic (exact) mass is 465 g/mol. The van der Waals surface area contributed by atoms with Crippen LogP contribution in [-0.4, -0.2) is 61.6 Å². The molecular weight excluding hydrogens is 439 g/mol. The number of hydrogen-bond donors (Lipinski definition) is 1. The van der Waals surface area contributed by atoms with Gasteiger partial charge >= 0.3 is 12.1 Å². The number of likely N-dealkylation sites (tertiary alicyclic amines) is 1. The van der Waals surface area contributed by atoms with Crippen molar-refractivity contribution >= 4 is 17.8 Å². The molecule has 0 aromatic carbocycles. The highest BCUT2D eigenvalue weighted by Gasteiger charge is 2.47. The highest BCUT2D eigenvalue weighted by Crippen LogP contribution is 2.40. The summed E-state index contributed by atoms with van der Waals surface area (Å²) in [5.74, 6) is -1.67. The third-order valence-electron chi connectivity index (χ3n) is 6.09. The van der Waals surface area contributed by atoms with E-state index in [1.54, 1.807) is 12.4 Å². The first kappa shape index (κ1) is 24.4. The molecule has 8 nitrogen and oxygen atoms in total. The number of carbonyl (C=O) groups excluding carboxylic acids is 1. The Morgan fingerprint density at radius 3 is 2.18 bits per heavy atom. The summed E-state index contributed by atoms with van der Waals surface area (Å²) in [4.78, 5) is 38.9. The van der Waals surface area contributed by atoms with Gasteiger partial charge in [0, 0.05) is 56.4 Å². The molecule has 0 saturated carbocycles. The number of pyridine rings is 1. The third-order valence-corrected chi connectivity index (χ3v) is 6.09. The molecule has 2 aliphatic heterocycles. The Hall–Kier alpha value is -3.24. The van der Waals surface area contributed by atoms with E-state index in [4.69, 9.17) is 9.90 Å². The maximum atomic E-state index is 12.5. The van der Waals surface area contributed by atoms with Gasteiger partial charge in [-0.1, -0.05) is 6.92 Å². The molecule has 0 bridgehead atoms. The first-order valence-electron chi connectivity index (χ1n) is 10.7. The van der Waals surface area contributed by atoms with Crippen LogP contribution in [0.5, 0.6) is 0 Å². The average molecular weight is 465 g/mol. The third kappa shape index (κ3) is 5.96. The molecule has 0 unspecified atom stereocenters. The minimum atomic E-state index is -5.08. The highest BCUT2D eigenvalue weighted by molar-refractivity contribution is 5.79. The lowest BCUT2D eigenvalue weighted by molar-refractivity contribution is -0.192. The van der Waals surface area contributed by atoms with Gasteiger partial charge in [0.05, 0.1) is 0 Å². The minimum absolute atomic E-state index is 0.0137. The van der Waals surface area contributed by atoms with Crippen LogP contribution in [0.2, 0.25) is 0 Å². The Labute approximate surface area is 189 Å². The zero-order chi connectivity index (χ0) is 24.1. The van der Waals surface area contributed by atoms with Crippen molar-refractivity contribution in [2.75, 3.05) is 18.0 Å². The van der Waals surface area contributed by atoms with Crippen LogP contribution in [0.3, 0.4) is 0 Å². The fourth-order valence-corrected chi connectivity index (χ4v) is 4.14. The summed E-state index contributed by atoms with van der Waals surface area (Å²) in [5, 5.41) is 7.12. The number of carboxylic acid groups (broad SMARTS) is 1. The molecule has 2 fully saturated rings. The molecule has 2 aromatic heterocycles. The zero-order valence-corrected chi connectivity index (χ0v) is 18.3. The van der Waals surface area contributed by atoms with E-state index < -0.39 is 12.1 Å². The molecule has 33 heavy (non-hydrogen) atoms. The molecule has 0 aliphatic carbocycles. The lowest BCUT2D eigenvalue weighted by atomic mass is 9.85. The van der Waals surface area contributed by atoms with Gasteiger partial charge < -0.3 is 14.9 Å². The molecule has 2 saturated heterocycles. The van der Waals surface area contributed by atoms with Gasteiger partial charge in [0.25, 0.3) is 0 Å². The molecule has 1 N–H and O–H groups in total. The number of alkyl halides is 3. The number of hydrogen-bond acceptors (Lipinski definition) is 6. The molecule has 178 valence electrons. The molecule has 0 radical (unpaired) electrons. The second-order valence-corrected chi connectivity index (χ2v) is 8.09. The van der Waals surface area contributed by atoms with Gasteiger partial charge in [-0.2, -0.15) is 13.2 Å². The maximum absolute atomic E-state index is 12.5. The van der Waals surface area contributed by atoms with Gasteiger partial charge in [-0.05, 0) is 48.9 Å². The number of amides is 1. The van der Waals surface area contributed by atoms with Gasteiger partial charge in [-0.25, -0.2) is 14.8 Å². The normalized spacial score (nSPS) is 17.6. The van der Waals surface area contributed by atoms with Gasteiger partial charge in [0.1, 0.15) is 0 Å². The fraction of sp³-hybridized carbons (Fsp3) is 0.500. The van der Waals surface area contributed by atoms with Crippen molar-refractivity contribution < 1.29 is 27.9 Å². The minimum Gasteiger partial charge on any atom is -0.475 e. The number of aromatic nitrogens is 3. The summed E-state index contributed by atoms with van der Waals surface area (Å²) in [6.45, 7) is 4.58. The van der Waals surface area contributed by atoms with Crippen LogP contribution in [0.4, 0.5) is 19.1 Å². The van der Waals surface area contributed by atoms with Gasteiger partial charge in [0.2, 0.25) is 11.9 Å². The number of aryl methyl sites for hydroxylation is 1. The van der Waals surface area contributed by atoms with E-state index in [1.165, 1.54) is 0 Å².